The standard InChI is InChI=1S/C6H8N6/c1-6(8)11-4(7)3-5(12-6)10-2-9-3/h2H,8H2,1H3,(H2,7,11). The molecule has 0 spiro atoms. The van der Waals surface area contributed by atoms with Gasteiger partial charge in [0.05, 0.1) is 0 Å². The number of amidine groups is 2. The van der Waals surface area contributed by atoms with Crippen LogP contribution in [0.3, 0.4) is 0 Å². The fourth-order valence-electron chi connectivity index (χ4n) is 1.06. The molecule has 0 aromatic rings. The molecule has 62 valence electrons. The van der Waals surface area contributed by atoms with Crippen LogP contribution in [-0.4, -0.2) is 29.5 Å². The predicted molar refractivity (Wildman–Crippen MR) is 47.6 cm³/mol. The van der Waals surface area contributed by atoms with Gasteiger partial charge in [-0.3, -0.25) is 5.73 Å². The molecule has 1 unspecified atom stereocenters. The van der Waals surface area contributed by atoms with E-state index in [1.165, 1.54) is 6.34 Å². The van der Waals surface area contributed by atoms with Crippen LogP contribution in [0.1, 0.15) is 6.92 Å². The second-order valence-corrected chi connectivity index (χ2v) is 2.75. The molecule has 6 nitrogen and oxygen atoms in total. The van der Waals surface area contributed by atoms with Crippen molar-refractivity contribution in [2.45, 2.75) is 12.7 Å². The second kappa shape index (κ2) is 1.98. The van der Waals surface area contributed by atoms with Crippen molar-refractivity contribution < 1.29 is 0 Å². The van der Waals surface area contributed by atoms with Crippen LogP contribution in [-0.2, 0) is 0 Å². The number of aliphatic imine (C=N–C) groups is 4. The van der Waals surface area contributed by atoms with Gasteiger partial charge in [-0.15, -0.1) is 0 Å². The Balaban J connectivity index is 2.51. The molecule has 2 rings (SSSR count). The van der Waals surface area contributed by atoms with E-state index in [9.17, 15) is 0 Å². The van der Waals surface area contributed by atoms with E-state index >= 15 is 0 Å². The maximum atomic E-state index is 5.64. The number of rotatable bonds is 0. The van der Waals surface area contributed by atoms with Crippen LogP contribution in [0, 0.1) is 0 Å². The molecule has 0 saturated carbocycles. The molecule has 0 aromatic heterocycles. The highest BCUT2D eigenvalue weighted by molar-refractivity contribution is 6.70. The SMILES string of the molecule is CC1(N)N=C(N)C2=NC=NC2=N1. The maximum Gasteiger partial charge on any atom is 0.203 e. The van der Waals surface area contributed by atoms with Crippen molar-refractivity contribution in [1.29, 1.82) is 0 Å². The average Bonchev–Trinajstić information content (AvgIpc) is 2.31. The first-order valence-corrected chi connectivity index (χ1v) is 3.44. The molecule has 2 aliphatic rings. The van der Waals surface area contributed by atoms with Crippen molar-refractivity contribution in [3.63, 3.8) is 0 Å². The highest BCUT2D eigenvalue weighted by Gasteiger charge is 2.28. The molecule has 1 atom stereocenters. The fourth-order valence-corrected chi connectivity index (χ4v) is 1.06. The van der Waals surface area contributed by atoms with Gasteiger partial charge in [-0.1, -0.05) is 0 Å². The molecule has 6 heteroatoms. The topological polar surface area (TPSA) is 101 Å². The van der Waals surface area contributed by atoms with Gasteiger partial charge >= 0.3 is 0 Å². The van der Waals surface area contributed by atoms with Crippen LogP contribution in [0.5, 0.6) is 0 Å². The quantitative estimate of drug-likeness (QED) is 0.473. The van der Waals surface area contributed by atoms with Gasteiger partial charge in [-0.2, -0.15) is 0 Å². The summed E-state index contributed by atoms with van der Waals surface area (Å²) < 4.78 is 0. The van der Waals surface area contributed by atoms with Gasteiger partial charge in [-0.05, 0) is 6.92 Å². The third-order valence-corrected chi connectivity index (χ3v) is 1.50. The van der Waals surface area contributed by atoms with Crippen molar-refractivity contribution in [3.05, 3.63) is 0 Å². The Bertz CT molecular complexity index is 345. The monoisotopic (exact) mass is 164 g/mol. The molecule has 0 aromatic carbocycles. The van der Waals surface area contributed by atoms with Crippen molar-refractivity contribution in [3.8, 4) is 0 Å². The lowest BCUT2D eigenvalue weighted by molar-refractivity contribution is 0.521. The van der Waals surface area contributed by atoms with Gasteiger partial charge in [0.1, 0.15) is 6.34 Å². The lowest BCUT2D eigenvalue weighted by atomic mass is 10.2. The Hall–Kier alpha value is -1.56. The Morgan fingerprint density at radius 1 is 1.42 bits per heavy atom. The normalized spacial score (nSPS) is 32.3. The predicted octanol–water partition coefficient (Wildman–Crippen LogP) is -1.13. The average molecular weight is 164 g/mol. The molecule has 4 N–H and O–H groups in total. The Morgan fingerprint density at radius 2 is 2.17 bits per heavy atom. The molecular weight excluding hydrogens is 156 g/mol. The first kappa shape index (κ1) is 7.11. The highest BCUT2D eigenvalue weighted by atomic mass is 15.3. The summed E-state index contributed by atoms with van der Waals surface area (Å²) in [7, 11) is 0. The van der Waals surface area contributed by atoms with Crippen molar-refractivity contribution >= 4 is 23.7 Å². The summed E-state index contributed by atoms with van der Waals surface area (Å²) >= 11 is 0. The van der Waals surface area contributed by atoms with E-state index in [0.29, 0.717) is 17.4 Å². The third-order valence-electron chi connectivity index (χ3n) is 1.50. The van der Waals surface area contributed by atoms with Crippen LogP contribution < -0.4 is 11.5 Å². The van der Waals surface area contributed by atoms with Crippen LogP contribution in [0.15, 0.2) is 20.0 Å². The summed E-state index contributed by atoms with van der Waals surface area (Å²) in [6, 6.07) is 0. The number of fused-ring (bicyclic) bond motifs is 1. The fraction of sp³-hybridized carbons (Fsp3) is 0.333. The Kier molecular flexibility index (Phi) is 1.17. The van der Waals surface area contributed by atoms with E-state index in [1.807, 2.05) is 0 Å². The zero-order chi connectivity index (χ0) is 8.77. The van der Waals surface area contributed by atoms with Crippen LogP contribution in [0.4, 0.5) is 0 Å². The van der Waals surface area contributed by atoms with E-state index in [4.69, 9.17) is 11.5 Å². The number of hydrogen-bond acceptors (Lipinski definition) is 6. The van der Waals surface area contributed by atoms with Gasteiger partial charge < -0.3 is 5.73 Å². The molecule has 2 heterocycles. The van der Waals surface area contributed by atoms with Gasteiger partial charge in [0, 0.05) is 0 Å². The zero-order valence-electron chi connectivity index (χ0n) is 6.52. The minimum Gasteiger partial charge on any atom is -0.382 e. The molecule has 0 radical (unpaired) electrons. The molecule has 12 heavy (non-hydrogen) atoms. The van der Waals surface area contributed by atoms with E-state index in [1.54, 1.807) is 6.92 Å². The minimum absolute atomic E-state index is 0.294. The van der Waals surface area contributed by atoms with Crippen LogP contribution in [0.25, 0.3) is 0 Å². The summed E-state index contributed by atoms with van der Waals surface area (Å²) in [5.41, 5.74) is 11.7. The van der Waals surface area contributed by atoms with Crippen LogP contribution in [0.2, 0.25) is 0 Å². The van der Waals surface area contributed by atoms with Crippen LogP contribution >= 0.6 is 0 Å². The van der Waals surface area contributed by atoms with Gasteiger partial charge in [0.25, 0.3) is 0 Å². The Morgan fingerprint density at radius 3 is 2.92 bits per heavy atom. The summed E-state index contributed by atoms with van der Waals surface area (Å²) in [5.74, 6) is -0.241. The largest absolute Gasteiger partial charge is 0.382 e. The van der Waals surface area contributed by atoms with Gasteiger partial charge in [0.2, 0.25) is 5.79 Å². The zero-order valence-corrected chi connectivity index (χ0v) is 6.52. The number of nitrogens with zero attached hydrogens (tertiary/aromatic N) is 4. The number of nitrogens with two attached hydrogens (primary N) is 2. The maximum absolute atomic E-state index is 5.64. The lowest BCUT2D eigenvalue weighted by Crippen LogP contribution is -2.43. The van der Waals surface area contributed by atoms with E-state index < -0.39 is 5.79 Å². The van der Waals surface area contributed by atoms with E-state index in [2.05, 4.69) is 20.0 Å². The van der Waals surface area contributed by atoms with Gasteiger partial charge in [-0.25, -0.2) is 20.0 Å². The molecule has 0 bridgehead atoms. The smallest absolute Gasteiger partial charge is 0.203 e. The molecular formula is C6H8N6. The summed E-state index contributed by atoms with van der Waals surface area (Å²) in [4.78, 5) is 15.7. The first-order chi connectivity index (χ1) is 5.58. The second-order valence-electron chi connectivity index (χ2n) is 2.75. The van der Waals surface area contributed by atoms with Crippen molar-refractivity contribution in [2.24, 2.45) is 31.4 Å². The van der Waals surface area contributed by atoms with E-state index in [0.717, 1.165) is 0 Å². The van der Waals surface area contributed by atoms with Crippen molar-refractivity contribution in [1.82, 2.24) is 0 Å². The Labute approximate surface area is 68.8 Å². The summed E-state index contributed by atoms with van der Waals surface area (Å²) in [6.45, 7) is 1.65. The molecule has 0 amide bonds. The third kappa shape index (κ3) is 0.928. The highest BCUT2D eigenvalue weighted by Crippen LogP contribution is 2.12. The van der Waals surface area contributed by atoms with Gasteiger partial charge in [0.15, 0.2) is 17.4 Å². The van der Waals surface area contributed by atoms with Crippen molar-refractivity contribution in [2.75, 3.05) is 0 Å². The summed E-state index contributed by atoms with van der Waals surface area (Å²) in [5, 5.41) is 0. The molecule has 2 aliphatic heterocycles. The lowest BCUT2D eigenvalue weighted by Gasteiger charge is -2.20. The summed E-state index contributed by atoms with van der Waals surface area (Å²) in [6.07, 6.45) is 1.39. The minimum atomic E-state index is -1.000. The van der Waals surface area contributed by atoms with E-state index in [-0.39, 0.29) is 0 Å². The number of hydrogen-bond donors (Lipinski definition) is 2. The molecule has 0 aliphatic carbocycles. The molecule has 0 saturated heterocycles. The molecule has 0 fully saturated rings. The first-order valence-electron chi connectivity index (χ1n) is 3.44.